The number of benzene rings is 3. The molecule has 7 nitrogen and oxygen atoms in total. The summed E-state index contributed by atoms with van der Waals surface area (Å²) < 4.78 is 28.2. The molecule has 0 aliphatic rings. The molecule has 0 saturated carbocycles. The third kappa shape index (κ3) is 5.16. The fourth-order valence-electron chi connectivity index (χ4n) is 2.81. The average molecular weight is 471 g/mol. The van der Waals surface area contributed by atoms with Crippen molar-refractivity contribution in [3.05, 3.63) is 72.8 Å². The quantitative estimate of drug-likeness (QED) is 0.325. The zero-order valence-electron chi connectivity index (χ0n) is 16.3. The van der Waals surface area contributed by atoms with Gasteiger partial charge in [-0.1, -0.05) is 35.6 Å². The highest BCUT2D eigenvalue weighted by Gasteiger charge is 2.16. The van der Waals surface area contributed by atoms with Crippen LogP contribution in [0.25, 0.3) is 10.2 Å². The Labute approximate surface area is 188 Å². The summed E-state index contributed by atoms with van der Waals surface area (Å²) in [7, 11) is -3.71. The van der Waals surface area contributed by atoms with Crippen LogP contribution in [0, 0.1) is 0 Å². The van der Waals surface area contributed by atoms with E-state index in [0.717, 1.165) is 9.60 Å². The molecule has 0 aliphatic heterocycles. The lowest BCUT2D eigenvalue weighted by molar-refractivity contribution is 0.262. The van der Waals surface area contributed by atoms with Gasteiger partial charge in [-0.3, -0.25) is 4.72 Å². The monoisotopic (exact) mass is 470 g/mol. The van der Waals surface area contributed by atoms with Gasteiger partial charge >= 0.3 is 6.03 Å². The van der Waals surface area contributed by atoms with Crippen molar-refractivity contribution < 1.29 is 13.2 Å². The number of hydrogen-bond acceptors (Lipinski definition) is 6. The third-order valence-electron chi connectivity index (χ3n) is 4.25. The Morgan fingerprint density at radius 3 is 2.42 bits per heavy atom. The summed E-state index contributed by atoms with van der Waals surface area (Å²) >= 11 is 2.79. The molecule has 10 heteroatoms. The van der Waals surface area contributed by atoms with Crippen LogP contribution in [0.3, 0.4) is 0 Å². The van der Waals surface area contributed by atoms with Crippen LogP contribution in [0.15, 0.2) is 82.6 Å². The van der Waals surface area contributed by atoms with Crippen molar-refractivity contribution in [2.45, 2.75) is 9.79 Å². The van der Waals surface area contributed by atoms with Crippen molar-refractivity contribution in [1.29, 1.82) is 0 Å². The molecule has 0 spiro atoms. The number of aromatic nitrogens is 1. The standard InChI is InChI=1S/C21H18N4O3S3/c1-29-16-7-5-6-14(12-16)22-20(26)23-15-10-11-18-19(13-15)30-21(24-18)25-31(27,28)17-8-3-2-4-9-17/h2-13H,1H3,(H,24,25)(H2,22,23,26). The molecule has 3 N–H and O–H groups in total. The second kappa shape index (κ2) is 8.96. The summed E-state index contributed by atoms with van der Waals surface area (Å²) in [5.41, 5.74) is 1.90. The molecule has 4 aromatic rings. The topological polar surface area (TPSA) is 100 Å². The van der Waals surface area contributed by atoms with Gasteiger partial charge in [-0.05, 0) is 54.8 Å². The summed E-state index contributed by atoms with van der Waals surface area (Å²) in [6.07, 6.45) is 1.97. The van der Waals surface area contributed by atoms with Crippen molar-refractivity contribution in [3.8, 4) is 0 Å². The highest BCUT2D eigenvalue weighted by atomic mass is 32.2. The highest BCUT2D eigenvalue weighted by Crippen LogP contribution is 2.30. The van der Waals surface area contributed by atoms with Crippen molar-refractivity contribution in [2.24, 2.45) is 0 Å². The Hall–Kier alpha value is -3.08. The van der Waals surface area contributed by atoms with Gasteiger partial charge < -0.3 is 10.6 Å². The Balaban J connectivity index is 1.48. The average Bonchev–Trinajstić information content (AvgIpc) is 3.15. The van der Waals surface area contributed by atoms with E-state index in [9.17, 15) is 13.2 Å². The van der Waals surface area contributed by atoms with Crippen molar-refractivity contribution >= 4 is 65.9 Å². The van der Waals surface area contributed by atoms with Gasteiger partial charge in [0.2, 0.25) is 0 Å². The van der Waals surface area contributed by atoms with Crippen LogP contribution in [0.2, 0.25) is 0 Å². The fraction of sp³-hybridized carbons (Fsp3) is 0.0476. The van der Waals surface area contributed by atoms with E-state index in [0.29, 0.717) is 16.9 Å². The van der Waals surface area contributed by atoms with Crippen LogP contribution in [0.5, 0.6) is 0 Å². The van der Waals surface area contributed by atoms with Gasteiger partial charge in [0.25, 0.3) is 10.0 Å². The molecule has 0 bridgehead atoms. The van der Waals surface area contributed by atoms with Gasteiger partial charge in [-0.2, -0.15) is 0 Å². The van der Waals surface area contributed by atoms with Crippen LogP contribution in [0.1, 0.15) is 0 Å². The number of hydrogen-bond donors (Lipinski definition) is 3. The smallest absolute Gasteiger partial charge is 0.308 e. The summed E-state index contributed by atoms with van der Waals surface area (Å²) in [6.45, 7) is 0. The van der Waals surface area contributed by atoms with E-state index in [-0.39, 0.29) is 16.1 Å². The normalized spacial score (nSPS) is 11.3. The van der Waals surface area contributed by atoms with Gasteiger partial charge in [-0.25, -0.2) is 18.2 Å². The Kier molecular flexibility index (Phi) is 6.12. The minimum absolute atomic E-state index is 0.166. The number of rotatable bonds is 6. The molecule has 0 unspecified atom stereocenters. The largest absolute Gasteiger partial charge is 0.323 e. The maximum absolute atomic E-state index is 12.5. The molecule has 1 heterocycles. The van der Waals surface area contributed by atoms with Crippen LogP contribution < -0.4 is 15.4 Å². The number of amides is 2. The van der Waals surface area contributed by atoms with Gasteiger partial charge in [0.15, 0.2) is 5.13 Å². The number of nitrogens with one attached hydrogen (secondary N) is 3. The van der Waals surface area contributed by atoms with Gasteiger partial charge in [0.05, 0.1) is 15.1 Å². The lowest BCUT2D eigenvalue weighted by Crippen LogP contribution is -2.19. The van der Waals surface area contributed by atoms with E-state index in [1.165, 1.54) is 23.5 Å². The number of urea groups is 1. The number of nitrogens with zero attached hydrogens (tertiary/aromatic N) is 1. The minimum atomic E-state index is -3.71. The lowest BCUT2D eigenvalue weighted by Gasteiger charge is -2.08. The summed E-state index contributed by atoms with van der Waals surface area (Å²) in [5, 5.41) is 5.85. The molecular weight excluding hydrogens is 452 g/mol. The van der Waals surface area contributed by atoms with E-state index in [1.807, 2.05) is 30.5 Å². The van der Waals surface area contributed by atoms with Gasteiger partial charge in [-0.15, -0.1) is 11.8 Å². The van der Waals surface area contributed by atoms with Gasteiger partial charge in [0, 0.05) is 16.3 Å². The minimum Gasteiger partial charge on any atom is -0.308 e. The molecular formula is C21H18N4O3S3. The van der Waals surface area contributed by atoms with Crippen LogP contribution in [0.4, 0.5) is 21.3 Å². The van der Waals surface area contributed by atoms with E-state index in [2.05, 4.69) is 20.3 Å². The third-order valence-corrected chi connectivity index (χ3v) is 7.39. The van der Waals surface area contributed by atoms with E-state index in [4.69, 9.17) is 0 Å². The first kappa shape index (κ1) is 21.2. The number of thiazole rings is 1. The highest BCUT2D eigenvalue weighted by molar-refractivity contribution is 7.98. The molecule has 158 valence electrons. The van der Waals surface area contributed by atoms with Crippen molar-refractivity contribution in [3.63, 3.8) is 0 Å². The van der Waals surface area contributed by atoms with E-state index >= 15 is 0 Å². The number of anilines is 3. The Bertz CT molecular complexity index is 1340. The zero-order valence-corrected chi connectivity index (χ0v) is 18.8. The van der Waals surface area contributed by atoms with Gasteiger partial charge in [0.1, 0.15) is 0 Å². The number of sulfonamides is 1. The zero-order chi connectivity index (χ0) is 21.8. The first-order valence-corrected chi connectivity index (χ1v) is 12.7. The molecule has 0 aliphatic carbocycles. The molecule has 31 heavy (non-hydrogen) atoms. The fourth-order valence-corrected chi connectivity index (χ4v) is 5.43. The van der Waals surface area contributed by atoms with Crippen LogP contribution in [-0.4, -0.2) is 25.7 Å². The van der Waals surface area contributed by atoms with Crippen LogP contribution in [-0.2, 0) is 10.0 Å². The molecule has 2 amide bonds. The lowest BCUT2D eigenvalue weighted by atomic mass is 10.3. The van der Waals surface area contributed by atoms with E-state index in [1.54, 1.807) is 48.2 Å². The number of thioether (sulfide) groups is 1. The molecule has 3 aromatic carbocycles. The van der Waals surface area contributed by atoms with Crippen molar-refractivity contribution in [1.82, 2.24) is 4.98 Å². The number of fused-ring (bicyclic) bond motifs is 1. The van der Waals surface area contributed by atoms with E-state index < -0.39 is 10.0 Å². The SMILES string of the molecule is CSc1cccc(NC(=O)Nc2ccc3nc(NS(=O)(=O)c4ccccc4)sc3c2)c1. The van der Waals surface area contributed by atoms with Crippen molar-refractivity contribution in [2.75, 3.05) is 21.6 Å². The number of carbonyl (C=O) groups is 1. The summed E-state index contributed by atoms with van der Waals surface area (Å²) in [6, 6.07) is 20.5. The molecule has 0 saturated heterocycles. The van der Waals surface area contributed by atoms with Crippen LogP contribution >= 0.6 is 23.1 Å². The predicted molar refractivity (Wildman–Crippen MR) is 128 cm³/mol. The second-order valence-electron chi connectivity index (χ2n) is 6.43. The summed E-state index contributed by atoms with van der Waals surface area (Å²) in [5.74, 6) is 0. The first-order valence-electron chi connectivity index (χ1n) is 9.13. The molecule has 1 aromatic heterocycles. The summed E-state index contributed by atoms with van der Waals surface area (Å²) in [4.78, 5) is 17.9. The Morgan fingerprint density at radius 2 is 1.68 bits per heavy atom. The predicted octanol–water partition coefficient (Wildman–Crippen LogP) is 5.46. The maximum atomic E-state index is 12.5. The molecule has 0 radical (unpaired) electrons. The Morgan fingerprint density at radius 1 is 0.935 bits per heavy atom. The molecule has 0 fully saturated rings. The maximum Gasteiger partial charge on any atom is 0.323 e. The molecule has 4 rings (SSSR count). The number of carbonyl (C=O) groups excluding carboxylic acids is 1. The first-order chi connectivity index (χ1) is 14.9. The molecule has 0 atom stereocenters. The second-order valence-corrected chi connectivity index (χ2v) is 10.0.